The van der Waals surface area contributed by atoms with Crippen LogP contribution in [0, 0.1) is 0 Å². The minimum absolute atomic E-state index is 0.0367. The smallest absolute Gasteiger partial charge is 0.262 e. The Kier molecular flexibility index (Phi) is 7.24. The van der Waals surface area contributed by atoms with Gasteiger partial charge >= 0.3 is 0 Å². The van der Waals surface area contributed by atoms with Crippen molar-refractivity contribution in [1.82, 2.24) is 19.4 Å². The van der Waals surface area contributed by atoms with Crippen molar-refractivity contribution in [3.05, 3.63) is 53.9 Å². The van der Waals surface area contributed by atoms with Crippen molar-refractivity contribution >= 4 is 22.6 Å². The Morgan fingerprint density at radius 3 is 2.41 bits per heavy atom. The lowest BCUT2D eigenvalue weighted by Crippen LogP contribution is -2.44. The highest BCUT2D eigenvalue weighted by atomic mass is 16.5. The van der Waals surface area contributed by atoms with E-state index in [2.05, 4.69) is 54.4 Å². The second kappa shape index (κ2) is 10.2. The first-order chi connectivity index (χ1) is 16.2. The summed E-state index contributed by atoms with van der Waals surface area (Å²) in [6.45, 7) is 14.6. The van der Waals surface area contributed by atoms with Crippen LogP contribution in [-0.4, -0.2) is 65.1 Å². The molecule has 1 saturated heterocycles. The normalized spacial score (nSPS) is 15.6. The summed E-state index contributed by atoms with van der Waals surface area (Å²) < 4.78 is 7.95. The van der Waals surface area contributed by atoms with Gasteiger partial charge in [-0.05, 0) is 55.3 Å². The van der Waals surface area contributed by atoms with Crippen LogP contribution in [0.15, 0.2) is 42.5 Å². The number of rotatable bonds is 7. The number of carbonyl (C=O) groups excluding carboxylic acids is 1. The van der Waals surface area contributed by atoms with Crippen LogP contribution < -0.4 is 10.1 Å². The number of hydrogen-bond acceptors (Lipinski definition) is 5. The Morgan fingerprint density at radius 1 is 1.06 bits per heavy atom. The first-order valence-electron chi connectivity index (χ1n) is 12.2. The van der Waals surface area contributed by atoms with Gasteiger partial charge in [0, 0.05) is 38.4 Å². The van der Waals surface area contributed by atoms with Crippen LogP contribution in [-0.2, 0) is 23.3 Å². The van der Waals surface area contributed by atoms with E-state index < -0.39 is 0 Å². The number of likely N-dealkylation sites (N-methyl/N-ethyl adjacent to an activating group) is 1. The highest BCUT2D eigenvalue weighted by molar-refractivity contribution is 5.94. The van der Waals surface area contributed by atoms with Gasteiger partial charge in [-0.3, -0.25) is 9.69 Å². The number of amides is 1. The van der Waals surface area contributed by atoms with Gasteiger partial charge in [-0.25, -0.2) is 4.98 Å². The standard InChI is InChI=1S/C27H37N5O2/c1-6-32-24-12-9-21(17-23(24)29-25(32)18-31-15-13-30(5)14-16-31)28-26(33)19-34-22-10-7-20(8-11-22)27(2,3)4/h7-12,17H,6,13-16,18-19H2,1-5H3,(H,28,33). The fraction of sp³-hybridized carbons (Fsp3) is 0.481. The lowest BCUT2D eigenvalue weighted by atomic mass is 9.87. The molecule has 7 heteroatoms. The molecule has 1 amide bonds. The van der Waals surface area contributed by atoms with E-state index in [0.717, 1.165) is 61.8 Å². The zero-order valence-electron chi connectivity index (χ0n) is 21.1. The topological polar surface area (TPSA) is 62.6 Å². The van der Waals surface area contributed by atoms with Crippen LogP contribution in [0.4, 0.5) is 5.69 Å². The lowest BCUT2D eigenvalue weighted by Gasteiger charge is -2.32. The Balaban J connectivity index is 1.38. The molecular weight excluding hydrogens is 426 g/mol. The molecule has 2 heterocycles. The summed E-state index contributed by atoms with van der Waals surface area (Å²) in [6.07, 6.45) is 0. The number of piperazine rings is 1. The quantitative estimate of drug-likeness (QED) is 0.571. The molecule has 4 rings (SSSR count). The second-order valence-corrected chi connectivity index (χ2v) is 10.2. The molecule has 2 aromatic carbocycles. The fourth-order valence-corrected chi connectivity index (χ4v) is 4.33. The predicted molar refractivity (Wildman–Crippen MR) is 137 cm³/mol. The van der Waals surface area contributed by atoms with Crippen LogP contribution in [0.2, 0.25) is 0 Å². The number of fused-ring (bicyclic) bond motifs is 1. The minimum atomic E-state index is -0.188. The molecule has 1 aromatic heterocycles. The SMILES string of the molecule is CCn1c(CN2CCN(C)CC2)nc2cc(NC(=O)COc3ccc(C(C)(C)C)cc3)ccc21. The predicted octanol–water partition coefficient (Wildman–Crippen LogP) is 4.12. The number of nitrogens with zero attached hydrogens (tertiary/aromatic N) is 4. The molecule has 182 valence electrons. The van der Waals surface area contributed by atoms with Gasteiger partial charge in [-0.1, -0.05) is 32.9 Å². The fourth-order valence-electron chi connectivity index (χ4n) is 4.33. The summed E-state index contributed by atoms with van der Waals surface area (Å²) in [5.41, 5.74) is 4.05. The van der Waals surface area contributed by atoms with Crippen LogP contribution in [0.1, 0.15) is 39.1 Å². The third-order valence-electron chi connectivity index (χ3n) is 6.48. The summed E-state index contributed by atoms with van der Waals surface area (Å²) in [7, 11) is 2.17. The molecular formula is C27H37N5O2. The molecule has 1 fully saturated rings. The number of hydrogen-bond donors (Lipinski definition) is 1. The zero-order chi connectivity index (χ0) is 24.3. The molecule has 34 heavy (non-hydrogen) atoms. The average Bonchev–Trinajstić information content (AvgIpc) is 3.15. The molecule has 7 nitrogen and oxygen atoms in total. The van der Waals surface area contributed by atoms with Crippen molar-refractivity contribution in [3.8, 4) is 5.75 Å². The van der Waals surface area contributed by atoms with Gasteiger partial charge in [0.15, 0.2) is 6.61 Å². The molecule has 0 atom stereocenters. The summed E-state index contributed by atoms with van der Waals surface area (Å²) >= 11 is 0. The largest absolute Gasteiger partial charge is 0.484 e. The molecule has 0 aliphatic carbocycles. The maximum absolute atomic E-state index is 12.5. The number of nitrogens with one attached hydrogen (secondary N) is 1. The van der Waals surface area contributed by atoms with Crippen molar-refractivity contribution in [2.24, 2.45) is 0 Å². The average molecular weight is 464 g/mol. The molecule has 0 saturated carbocycles. The van der Waals surface area contributed by atoms with Crippen LogP contribution in [0.25, 0.3) is 11.0 Å². The Labute approximate surface area is 202 Å². The maximum Gasteiger partial charge on any atom is 0.262 e. The summed E-state index contributed by atoms with van der Waals surface area (Å²) in [6, 6.07) is 13.9. The molecule has 1 aliphatic rings. The number of imidazole rings is 1. The Morgan fingerprint density at radius 2 is 1.76 bits per heavy atom. The van der Waals surface area contributed by atoms with Crippen LogP contribution >= 0.6 is 0 Å². The number of aromatic nitrogens is 2. The number of carbonyl (C=O) groups is 1. The van der Waals surface area contributed by atoms with Gasteiger partial charge in [-0.2, -0.15) is 0 Å². The molecule has 0 spiro atoms. The number of aryl methyl sites for hydroxylation is 1. The van der Waals surface area contributed by atoms with E-state index in [4.69, 9.17) is 9.72 Å². The zero-order valence-corrected chi connectivity index (χ0v) is 21.1. The van der Waals surface area contributed by atoms with Crippen molar-refractivity contribution in [3.63, 3.8) is 0 Å². The van der Waals surface area contributed by atoms with Gasteiger partial charge in [0.25, 0.3) is 5.91 Å². The summed E-state index contributed by atoms with van der Waals surface area (Å²) in [5, 5.41) is 2.94. The minimum Gasteiger partial charge on any atom is -0.484 e. The van der Waals surface area contributed by atoms with Gasteiger partial charge in [0.2, 0.25) is 0 Å². The van der Waals surface area contributed by atoms with Gasteiger partial charge in [0.1, 0.15) is 11.6 Å². The summed E-state index contributed by atoms with van der Waals surface area (Å²) in [4.78, 5) is 22.2. The van der Waals surface area contributed by atoms with E-state index in [9.17, 15) is 4.79 Å². The van der Waals surface area contributed by atoms with E-state index in [1.807, 2.05) is 42.5 Å². The van der Waals surface area contributed by atoms with E-state index in [1.165, 1.54) is 5.56 Å². The van der Waals surface area contributed by atoms with Crippen molar-refractivity contribution < 1.29 is 9.53 Å². The summed E-state index contributed by atoms with van der Waals surface area (Å²) in [5.74, 6) is 1.58. The molecule has 0 unspecified atom stereocenters. The maximum atomic E-state index is 12.5. The molecule has 0 radical (unpaired) electrons. The van der Waals surface area contributed by atoms with Crippen LogP contribution in [0.5, 0.6) is 5.75 Å². The second-order valence-electron chi connectivity index (χ2n) is 10.2. The van der Waals surface area contributed by atoms with Gasteiger partial charge in [0.05, 0.1) is 17.6 Å². The van der Waals surface area contributed by atoms with Crippen LogP contribution in [0.3, 0.4) is 0 Å². The number of anilines is 1. The number of benzene rings is 2. The highest BCUT2D eigenvalue weighted by Crippen LogP contribution is 2.25. The monoisotopic (exact) mass is 463 g/mol. The van der Waals surface area contributed by atoms with Gasteiger partial charge < -0.3 is 19.5 Å². The van der Waals surface area contributed by atoms with E-state index in [-0.39, 0.29) is 17.9 Å². The third-order valence-corrected chi connectivity index (χ3v) is 6.48. The van der Waals surface area contributed by atoms with Crippen molar-refractivity contribution in [1.29, 1.82) is 0 Å². The van der Waals surface area contributed by atoms with Crippen molar-refractivity contribution in [2.75, 3.05) is 45.2 Å². The Bertz CT molecular complexity index is 1120. The Hall–Kier alpha value is -2.90. The molecule has 1 N–H and O–H groups in total. The van der Waals surface area contributed by atoms with E-state index >= 15 is 0 Å². The molecule has 3 aromatic rings. The first-order valence-corrected chi connectivity index (χ1v) is 12.2. The highest BCUT2D eigenvalue weighted by Gasteiger charge is 2.18. The number of ether oxygens (including phenoxy) is 1. The van der Waals surface area contributed by atoms with Crippen molar-refractivity contribution in [2.45, 2.75) is 46.2 Å². The molecule has 0 bridgehead atoms. The van der Waals surface area contributed by atoms with E-state index in [0.29, 0.717) is 5.75 Å². The van der Waals surface area contributed by atoms with Gasteiger partial charge in [-0.15, -0.1) is 0 Å². The third kappa shape index (κ3) is 5.77. The van der Waals surface area contributed by atoms with E-state index in [1.54, 1.807) is 0 Å². The lowest BCUT2D eigenvalue weighted by molar-refractivity contribution is -0.118. The first kappa shape index (κ1) is 24.2. The molecule has 1 aliphatic heterocycles.